The highest BCUT2D eigenvalue weighted by atomic mass is 16.7. The highest BCUT2D eigenvalue weighted by molar-refractivity contribution is 6.38. The second kappa shape index (κ2) is 21.0. The minimum atomic E-state index is -2.39. The Labute approximate surface area is 340 Å². The average Bonchev–Trinajstić information content (AvgIpc) is 3.18. The normalized spacial score (nSPS) is 40.1. The van der Waals surface area contributed by atoms with Crippen LogP contribution < -0.4 is 0 Å². The number of methoxy groups -OCH3 is 3. The summed E-state index contributed by atoms with van der Waals surface area (Å²) in [6, 6.07) is 0. The summed E-state index contributed by atoms with van der Waals surface area (Å²) < 4.78 is 30.3. The molecule has 12 nitrogen and oxygen atoms in total. The fourth-order valence-corrected chi connectivity index (χ4v) is 9.52. The lowest BCUT2D eigenvalue weighted by Crippen LogP contribution is -2.63. The number of piperidine rings is 1. The molecule has 12 heteroatoms. The first-order chi connectivity index (χ1) is 27.0. The molecule has 0 aromatic heterocycles. The molecule has 0 spiro atoms. The quantitative estimate of drug-likeness (QED) is 0.221. The van der Waals surface area contributed by atoms with Crippen LogP contribution >= 0.6 is 0 Å². The van der Waals surface area contributed by atoms with E-state index in [1.807, 2.05) is 26.8 Å². The lowest BCUT2D eigenvalue weighted by atomic mass is 9.81. The van der Waals surface area contributed by atoms with E-state index in [0.717, 1.165) is 12.0 Å². The summed E-state index contributed by atoms with van der Waals surface area (Å²) in [7, 11) is 4.71. The minimum absolute atomic E-state index is 0.0199. The molecule has 3 aliphatic heterocycles. The number of ether oxygens (including phenoxy) is 5. The Morgan fingerprint density at radius 3 is 2.26 bits per heavy atom. The van der Waals surface area contributed by atoms with Gasteiger partial charge in [0.15, 0.2) is 5.78 Å². The van der Waals surface area contributed by atoms with Crippen LogP contribution in [0.3, 0.4) is 0 Å². The van der Waals surface area contributed by atoms with Gasteiger partial charge in [-0.15, -0.1) is 6.58 Å². The first kappa shape index (κ1) is 47.0. The van der Waals surface area contributed by atoms with Gasteiger partial charge in [0, 0.05) is 58.6 Å². The van der Waals surface area contributed by atoms with E-state index in [2.05, 4.69) is 26.2 Å². The largest absolute Gasteiger partial charge is 0.490 e. The number of allylic oxidation sites excluding steroid dienone is 4. The maximum Gasteiger partial charge on any atom is 0.295 e. The Hall–Kier alpha value is -2.71. The van der Waals surface area contributed by atoms with Crippen molar-refractivity contribution in [3.8, 4) is 0 Å². The summed E-state index contributed by atoms with van der Waals surface area (Å²) in [5.41, 5.74) is 1.44. The molecule has 14 atom stereocenters. The van der Waals surface area contributed by atoms with Gasteiger partial charge < -0.3 is 43.9 Å². The number of hydrogen-bond acceptors (Lipinski definition) is 11. The van der Waals surface area contributed by atoms with Crippen molar-refractivity contribution in [2.45, 2.75) is 147 Å². The Morgan fingerprint density at radius 1 is 0.947 bits per heavy atom. The van der Waals surface area contributed by atoms with Crippen LogP contribution in [0.2, 0.25) is 0 Å². The molecule has 0 aromatic carbocycles. The molecular formula is C45H71NO11. The standard InChI is InChI=1S/C45H71NO11/c1-11-13-33-19-26(2)18-27(3)20-39(54-9)42-40(55-10)22-29(5)45(52,57-42)43(50)44(51)46-17-12-14-34(25-46)31(7)56-41(30(6)36(48)24-37(33)49)28(4)21-32-15-16-35(47)38(23-32)53-8/h11,19,21,26-27,29-30,32,34-36,38-42,47-48,52H,1,7,12-18,20,22-25H2,2-6,8-10H3. The van der Waals surface area contributed by atoms with Crippen molar-refractivity contribution in [3.63, 3.8) is 0 Å². The Kier molecular flexibility index (Phi) is 17.3. The first-order valence-electron chi connectivity index (χ1n) is 21.0. The van der Waals surface area contributed by atoms with E-state index in [9.17, 15) is 29.7 Å². The van der Waals surface area contributed by atoms with Crippen molar-refractivity contribution in [3.05, 3.63) is 48.3 Å². The van der Waals surface area contributed by atoms with E-state index >= 15 is 0 Å². The molecule has 4 bridgehead atoms. The first-order valence-corrected chi connectivity index (χ1v) is 21.0. The zero-order valence-electron chi connectivity index (χ0n) is 35.7. The second-order valence-electron chi connectivity index (χ2n) is 17.5. The predicted molar refractivity (Wildman–Crippen MR) is 217 cm³/mol. The second-order valence-corrected chi connectivity index (χ2v) is 17.5. The number of rotatable bonds is 7. The zero-order chi connectivity index (χ0) is 42.2. The van der Waals surface area contributed by atoms with Gasteiger partial charge in [-0.1, -0.05) is 52.5 Å². The van der Waals surface area contributed by atoms with E-state index in [0.29, 0.717) is 62.8 Å². The van der Waals surface area contributed by atoms with Gasteiger partial charge in [0.2, 0.25) is 5.79 Å². The molecule has 1 amide bonds. The molecule has 3 heterocycles. The summed E-state index contributed by atoms with van der Waals surface area (Å²) in [4.78, 5) is 43.5. The van der Waals surface area contributed by atoms with Crippen molar-refractivity contribution in [2.75, 3.05) is 34.4 Å². The van der Waals surface area contributed by atoms with E-state index < -0.39 is 65.9 Å². The molecule has 14 unspecified atom stereocenters. The van der Waals surface area contributed by atoms with Crippen LogP contribution in [0, 0.1) is 35.5 Å². The lowest BCUT2D eigenvalue weighted by Gasteiger charge is -2.47. The highest BCUT2D eigenvalue weighted by Gasteiger charge is 2.56. The number of hydrogen-bond donors (Lipinski definition) is 3. The maximum atomic E-state index is 14.1. The molecule has 2 saturated heterocycles. The van der Waals surface area contributed by atoms with Gasteiger partial charge >= 0.3 is 0 Å². The highest BCUT2D eigenvalue weighted by Crippen LogP contribution is 2.39. The number of ketones is 2. The van der Waals surface area contributed by atoms with Crippen molar-refractivity contribution < 1.29 is 53.4 Å². The molecular weight excluding hydrogens is 730 g/mol. The molecule has 322 valence electrons. The molecule has 4 aliphatic rings. The van der Waals surface area contributed by atoms with Crippen LogP contribution in [0.25, 0.3) is 0 Å². The average molecular weight is 802 g/mol. The maximum absolute atomic E-state index is 14.1. The van der Waals surface area contributed by atoms with Crippen molar-refractivity contribution in [1.82, 2.24) is 4.90 Å². The summed E-state index contributed by atoms with van der Waals surface area (Å²) in [6.07, 6.45) is 6.26. The van der Waals surface area contributed by atoms with Crippen LogP contribution in [-0.2, 0) is 38.1 Å². The van der Waals surface area contributed by atoms with Gasteiger partial charge in [0.1, 0.15) is 12.2 Å². The molecule has 4 rings (SSSR count). The molecule has 0 radical (unpaired) electrons. The van der Waals surface area contributed by atoms with Gasteiger partial charge in [0.05, 0.1) is 36.3 Å². The third-order valence-corrected chi connectivity index (χ3v) is 13.0. The van der Waals surface area contributed by atoms with Crippen molar-refractivity contribution in [1.29, 1.82) is 0 Å². The van der Waals surface area contributed by atoms with Gasteiger partial charge in [0.25, 0.3) is 11.7 Å². The monoisotopic (exact) mass is 802 g/mol. The van der Waals surface area contributed by atoms with E-state index in [-0.39, 0.29) is 54.9 Å². The third-order valence-electron chi connectivity index (χ3n) is 13.0. The summed E-state index contributed by atoms with van der Waals surface area (Å²) in [5.74, 6) is -5.48. The molecule has 1 saturated carbocycles. The van der Waals surface area contributed by atoms with Crippen LogP contribution in [0.5, 0.6) is 0 Å². The Morgan fingerprint density at radius 2 is 1.61 bits per heavy atom. The van der Waals surface area contributed by atoms with E-state index in [4.69, 9.17) is 23.7 Å². The summed E-state index contributed by atoms with van der Waals surface area (Å²) >= 11 is 0. The minimum Gasteiger partial charge on any atom is -0.490 e. The fraction of sp³-hybridized carbons (Fsp3) is 0.756. The third kappa shape index (κ3) is 11.5. The molecule has 3 N–H and O–H groups in total. The predicted octanol–water partition coefficient (Wildman–Crippen LogP) is 5.48. The van der Waals surface area contributed by atoms with E-state index in [1.54, 1.807) is 34.3 Å². The van der Waals surface area contributed by atoms with Crippen molar-refractivity contribution in [2.24, 2.45) is 35.5 Å². The molecule has 3 fully saturated rings. The number of Topliss-reactive ketones (excluding diaryl/α,β-unsaturated/α-hetero) is 2. The van der Waals surface area contributed by atoms with E-state index in [1.165, 1.54) is 4.90 Å². The van der Waals surface area contributed by atoms with Crippen molar-refractivity contribution >= 4 is 17.5 Å². The van der Waals surface area contributed by atoms with Gasteiger partial charge in [-0.2, -0.15) is 0 Å². The van der Waals surface area contributed by atoms with Crippen LogP contribution in [-0.4, -0.2) is 121 Å². The topological polar surface area (TPSA) is 161 Å². The zero-order valence-corrected chi connectivity index (χ0v) is 35.7. The van der Waals surface area contributed by atoms with Gasteiger partial charge in [-0.25, -0.2) is 0 Å². The number of amides is 1. The number of carbonyl (C=O) groups is 3. The lowest BCUT2D eigenvalue weighted by molar-refractivity contribution is -0.302. The van der Waals surface area contributed by atoms with Crippen LogP contribution in [0.15, 0.2) is 48.3 Å². The number of aliphatic hydroxyl groups excluding tert-OH is 2. The smallest absolute Gasteiger partial charge is 0.295 e. The SMILES string of the molecule is C=CCC1=CC(C)CC(C)CC(OC)C2OC(O)(C(=O)C(=O)N3CCCC(C3)C(=C)OC(C(C)=CC3CCC(O)C(OC)C3)C(C)C(O)CC1=O)C(C)CC2OC. The molecule has 57 heavy (non-hydrogen) atoms. The van der Waals surface area contributed by atoms with Gasteiger partial charge in [-0.3, -0.25) is 14.4 Å². The Bertz CT molecular complexity index is 1480. The van der Waals surface area contributed by atoms with Crippen LogP contribution in [0.1, 0.15) is 98.8 Å². The summed E-state index contributed by atoms with van der Waals surface area (Å²) in [5, 5.41) is 34.1. The number of aliphatic hydroxyl groups is 3. The Balaban J connectivity index is 1.73. The summed E-state index contributed by atoms with van der Waals surface area (Å²) in [6.45, 7) is 18.3. The fourth-order valence-electron chi connectivity index (χ4n) is 9.52. The molecule has 1 aliphatic carbocycles. The number of fused-ring (bicyclic) bond motifs is 4. The number of carbonyl (C=O) groups excluding carboxylic acids is 3. The van der Waals surface area contributed by atoms with Gasteiger partial charge in [-0.05, 0) is 93.6 Å². The number of nitrogens with zero attached hydrogens (tertiary/aromatic N) is 1. The van der Waals surface area contributed by atoms with Crippen LogP contribution in [0.4, 0.5) is 0 Å². The molecule has 0 aromatic rings.